The van der Waals surface area contributed by atoms with E-state index in [2.05, 4.69) is 14.1 Å². The van der Waals surface area contributed by atoms with Crippen molar-refractivity contribution in [3.05, 3.63) is 0 Å². The predicted molar refractivity (Wildman–Crippen MR) is 62.6 cm³/mol. The van der Waals surface area contributed by atoms with Crippen molar-refractivity contribution in [2.75, 3.05) is 46.9 Å². The van der Waals surface area contributed by atoms with Gasteiger partial charge in [0.05, 0.1) is 33.8 Å². The van der Waals surface area contributed by atoms with E-state index in [1.807, 2.05) is 6.92 Å². The van der Waals surface area contributed by atoms with E-state index in [9.17, 15) is 4.79 Å². The molecule has 0 aromatic rings. The maximum Gasteiger partial charge on any atom is 0.314 e. The molecule has 0 saturated carbocycles. The minimum Gasteiger partial charge on any atom is -0.466 e. The minimum absolute atomic E-state index is 0.0110. The molecule has 0 aromatic heterocycles. The van der Waals surface area contributed by atoms with Gasteiger partial charge in [-0.2, -0.15) is 0 Å². The highest BCUT2D eigenvalue weighted by molar-refractivity contribution is 5.72. The molecule has 0 radical (unpaired) electrons. The zero-order chi connectivity index (χ0) is 12.0. The molecule has 2 N–H and O–H groups in total. The fourth-order valence-corrected chi connectivity index (χ4v) is 2.27. The van der Waals surface area contributed by atoms with Crippen LogP contribution in [0, 0.1) is 5.92 Å². The molecule has 0 aromatic carbocycles. The quantitative estimate of drug-likeness (QED) is 0.535. The van der Waals surface area contributed by atoms with Crippen molar-refractivity contribution < 1.29 is 19.3 Å². The lowest BCUT2D eigenvalue weighted by molar-refractivity contribution is -0.946. The maximum absolute atomic E-state index is 11.6. The van der Waals surface area contributed by atoms with Gasteiger partial charge in [0, 0.05) is 0 Å². The summed E-state index contributed by atoms with van der Waals surface area (Å²) in [5, 5.41) is 0. The molecule has 4 heteroatoms. The Bertz CT molecular complexity index is 219. The number of carbonyl (C=O) groups is 1. The van der Waals surface area contributed by atoms with Crippen molar-refractivity contribution >= 4 is 5.97 Å². The summed E-state index contributed by atoms with van der Waals surface area (Å²) in [6.45, 7) is 6.89. The molecule has 1 saturated heterocycles. The molecule has 1 rings (SSSR count). The molecular formula is C12H26N2O2+2. The van der Waals surface area contributed by atoms with Crippen LogP contribution in [0.5, 0.6) is 0 Å². The Morgan fingerprint density at radius 1 is 1.50 bits per heavy atom. The first-order chi connectivity index (χ1) is 7.63. The second kappa shape index (κ2) is 6.86. The van der Waals surface area contributed by atoms with Gasteiger partial charge in [-0.25, -0.2) is 0 Å². The molecule has 1 unspecified atom stereocenters. The fourth-order valence-electron chi connectivity index (χ4n) is 2.27. The van der Waals surface area contributed by atoms with Crippen molar-refractivity contribution in [3.63, 3.8) is 0 Å². The summed E-state index contributed by atoms with van der Waals surface area (Å²) in [4.78, 5) is 14.7. The van der Waals surface area contributed by atoms with Gasteiger partial charge in [-0.3, -0.25) is 4.79 Å². The molecule has 1 aliphatic rings. The number of likely N-dealkylation sites (tertiary alicyclic amines) is 1. The van der Waals surface area contributed by atoms with Gasteiger partial charge < -0.3 is 14.5 Å². The first-order valence-electron chi connectivity index (χ1n) is 6.42. The Morgan fingerprint density at radius 3 is 2.88 bits per heavy atom. The summed E-state index contributed by atoms with van der Waals surface area (Å²) in [5.41, 5.74) is 0. The van der Waals surface area contributed by atoms with Crippen LogP contribution in [0.2, 0.25) is 0 Å². The average molecular weight is 230 g/mol. The Hall–Kier alpha value is -0.610. The van der Waals surface area contributed by atoms with Gasteiger partial charge in [0.15, 0.2) is 0 Å². The van der Waals surface area contributed by atoms with Gasteiger partial charge in [0.1, 0.15) is 19.0 Å². The van der Waals surface area contributed by atoms with Gasteiger partial charge in [-0.15, -0.1) is 0 Å². The Balaban J connectivity index is 2.32. The highest BCUT2D eigenvalue weighted by Crippen LogP contribution is 2.09. The molecular weight excluding hydrogens is 204 g/mol. The number of carbonyl (C=O) groups excluding carboxylic acids is 1. The number of esters is 1. The van der Waals surface area contributed by atoms with E-state index in [-0.39, 0.29) is 11.9 Å². The molecule has 0 aliphatic carbocycles. The molecule has 94 valence electrons. The number of hydrogen-bond acceptors (Lipinski definition) is 2. The van der Waals surface area contributed by atoms with E-state index in [1.54, 1.807) is 4.90 Å². The third kappa shape index (κ3) is 4.49. The largest absolute Gasteiger partial charge is 0.466 e. The SMILES string of the molecule is CCOC(=O)[C@@H]1CCC[NH+](CC[NH+](C)C)C1. The molecule has 2 atom stereocenters. The van der Waals surface area contributed by atoms with Gasteiger partial charge in [-0.05, 0) is 19.8 Å². The van der Waals surface area contributed by atoms with E-state index < -0.39 is 0 Å². The standard InChI is InChI=1S/C12H24N2O2/c1-4-16-12(15)11-6-5-7-14(10-11)9-8-13(2)3/h11H,4-10H2,1-3H3/p+2/t11-/m1/s1. The lowest BCUT2D eigenvalue weighted by Gasteiger charge is -2.28. The summed E-state index contributed by atoms with van der Waals surface area (Å²) in [6.07, 6.45) is 2.17. The Morgan fingerprint density at radius 2 is 2.25 bits per heavy atom. The molecule has 1 heterocycles. The summed E-state index contributed by atoms with van der Waals surface area (Å²) < 4.78 is 5.10. The third-order valence-corrected chi connectivity index (χ3v) is 3.22. The monoisotopic (exact) mass is 230 g/mol. The van der Waals surface area contributed by atoms with E-state index in [4.69, 9.17) is 4.74 Å². The number of hydrogen-bond donors (Lipinski definition) is 2. The molecule has 16 heavy (non-hydrogen) atoms. The Kier molecular flexibility index (Phi) is 5.77. The van der Waals surface area contributed by atoms with Crippen LogP contribution in [0.1, 0.15) is 19.8 Å². The summed E-state index contributed by atoms with van der Waals surface area (Å²) in [6, 6.07) is 0. The van der Waals surface area contributed by atoms with E-state index in [1.165, 1.54) is 18.0 Å². The van der Waals surface area contributed by atoms with E-state index in [0.29, 0.717) is 6.61 Å². The highest BCUT2D eigenvalue weighted by Gasteiger charge is 2.29. The van der Waals surface area contributed by atoms with Gasteiger partial charge >= 0.3 is 5.97 Å². The number of piperidine rings is 1. The number of ether oxygens (including phenoxy) is 1. The Labute approximate surface area is 98.5 Å². The first kappa shape index (κ1) is 13.5. The van der Waals surface area contributed by atoms with Crippen molar-refractivity contribution in [3.8, 4) is 0 Å². The van der Waals surface area contributed by atoms with Crippen molar-refractivity contribution in [2.45, 2.75) is 19.8 Å². The topological polar surface area (TPSA) is 35.2 Å². The lowest BCUT2D eigenvalue weighted by atomic mass is 9.98. The lowest BCUT2D eigenvalue weighted by Crippen LogP contribution is -3.19. The summed E-state index contributed by atoms with van der Waals surface area (Å²) in [7, 11) is 4.35. The molecule has 0 spiro atoms. The van der Waals surface area contributed by atoms with Gasteiger partial charge in [0.25, 0.3) is 0 Å². The normalized spacial score (nSPS) is 25.8. The molecule has 1 fully saturated rings. The predicted octanol–water partition coefficient (Wildman–Crippen LogP) is -2.01. The van der Waals surface area contributed by atoms with E-state index in [0.717, 1.165) is 25.9 Å². The zero-order valence-corrected chi connectivity index (χ0v) is 10.8. The van der Waals surface area contributed by atoms with Crippen molar-refractivity contribution in [2.24, 2.45) is 5.92 Å². The van der Waals surface area contributed by atoms with Crippen LogP contribution < -0.4 is 9.80 Å². The third-order valence-electron chi connectivity index (χ3n) is 3.22. The van der Waals surface area contributed by atoms with Crippen LogP contribution in [0.4, 0.5) is 0 Å². The zero-order valence-electron chi connectivity index (χ0n) is 10.8. The second-order valence-electron chi connectivity index (χ2n) is 5.00. The number of rotatable bonds is 5. The molecule has 0 bridgehead atoms. The smallest absolute Gasteiger partial charge is 0.314 e. The van der Waals surface area contributed by atoms with Gasteiger partial charge in [-0.1, -0.05) is 0 Å². The van der Waals surface area contributed by atoms with E-state index >= 15 is 0 Å². The van der Waals surface area contributed by atoms with Crippen LogP contribution in [0.15, 0.2) is 0 Å². The van der Waals surface area contributed by atoms with Crippen molar-refractivity contribution in [1.82, 2.24) is 0 Å². The maximum atomic E-state index is 11.6. The number of quaternary nitrogens is 2. The summed E-state index contributed by atoms with van der Waals surface area (Å²) >= 11 is 0. The minimum atomic E-state index is 0.0110. The van der Waals surface area contributed by atoms with Crippen LogP contribution >= 0.6 is 0 Å². The fraction of sp³-hybridized carbons (Fsp3) is 0.917. The van der Waals surface area contributed by atoms with Crippen LogP contribution in [-0.2, 0) is 9.53 Å². The highest BCUT2D eigenvalue weighted by atomic mass is 16.5. The second-order valence-corrected chi connectivity index (χ2v) is 5.00. The first-order valence-corrected chi connectivity index (χ1v) is 6.42. The molecule has 4 nitrogen and oxygen atoms in total. The van der Waals surface area contributed by atoms with Crippen LogP contribution in [0.3, 0.4) is 0 Å². The van der Waals surface area contributed by atoms with Crippen LogP contribution in [-0.4, -0.2) is 52.9 Å². The molecule has 1 aliphatic heterocycles. The summed E-state index contributed by atoms with van der Waals surface area (Å²) in [5.74, 6) is 0.151. The average Bonchev–Trinajstić information content (AvgIpc) is 2.27. The number of likely N-dealkylation sites (N-methyl/N-ethyl adjacent to an activating group) is 1. The molecule has 0 amide bonds. The van der Waals surface area contributed by atoms with Gasteiger partial charge in [0.2, 0.25) is 0 Å². The van der Waals surface area contributed by atoms with Crippen molar-refractivity contribution in [1.29, 1.82) is 0 Å². The van der Waals surface area contributed by atoms with Crippen LogP contribution in [0.25, 0.3) is 0 Å². The number of nitrogens with one attached hydrogen (secondary N) is 2.